The average Bonchev–Trinajstić information content (AvgIpc) is 2.39. The summed E-state index contributed by atoms with van der Waals surface area (Å²) in [5.74, 6) is -0.416. The van der Waals surface area contributed by atoms with Crippen LogP contribution in [0.25, 0.3) is 6.08 Å². The number of Topliss-reactive ketones (excluding diaryl/α,β-unsaturated/α-hetero) is 1. The largest absolute Gasteiger partial charge is 0.294 e. The molecule has 1 aromatic rings. The Labute approximate surface area is 82.0 Å². The van der Waals surface area contributed by atoms with E-state index in [0.29, 0.717) is 5.56 Å². The molecular weight excluding hydrogens is 200 g/mol. The highest BCUT2D eigenvalue weighted by molar-refractivity contribution is 7.96. The van der Waals surface area contributed by atoms with E-state index in [2.05, 4.69) is 0 Å². The van der Waals surface area contributed by atoms with Crippen LogP contribution in [0, 0.1) is 0 Å². The first-order valence-electron chi connectivity index (χ1n) is 4.10. The van der Waals surface area contributed by atoms with E-state index in [1.165, 1.54) is 19.1 Å². The monoisotopic (exact) mass is 208 g/mol. The Bertz CT molecular complexity index is 538. The van der Waals surface area contributed by atoms with E-state index in [-0.39, 0.29) is 9.80 Å². The minimum atomic E-state index is -3.53. The molecule has 0 radical (unpaired) electrons. The molecule has 1 aliphatic heterocycles. The molecule has 0 fully saturated rings. The summed E-state index contributed by atoms with van der Waals surface area (Å²) in [5.41, 5.74) is 0.595. The zero-order chi connectivity index (χ0) is 10.3. The molecule has 0 saturated heterocycles. The van der Waals surface area contributed by atoms with Crippen LogP contribution < -0.4 is 0 Å². The molecule has 2 rings (SSSR count). The van der Waals surface area contributed by atoms with E-state index in [1.54, 1.807) is 18.2 Å². The summed E-state index contributed by atoms with van der Waals surface area (Å²) < 4.78 is 23.5. The number of ketones is 1. The molecule has 0 unspecified atom stereocenters. The number of fused-ring (bicyclic) bond motifs is 1. The SMILES string of the molecule is CC(=O)C1=Cc2ccccc2S1(=O)=O. The number of rotatable bonds is 1. The summed E-state index contributed by atoms with van der Waals surface area (Å²) in [6, 6.07) is 6.58. The van der Waals surface area contributed by atoms with Gasteiger partial charge in [0.25, 0.3) is 0 Å². The first kappa shape index (κ1) is 9.15. The van der Waals surface area contributed by atoms with Gasteiger partial charge < -0.3 is 0 Å². The minimum Gasteiger partial charge on any atom is -0.294 e. The Kier molecular flexibility index (Phi) is 1.82. The molecule has 14 heavy (non-hydrogen) atoms. The zero-order valence-electron chi connectivity index (χ0n) is 7.52. The number of benzene rings is 1. The Morgan fingerprint density at radius 1 is 1.21 bits per heavy atom. The van der Waals surface area contributed by atoms with E-state index in [1.807, 2.05) is 0 Å². The highest BCUT2D eigenvalue weighted by Crippen LogP contribution is 2.32. The lowest BCUT2D eigenvalue weighted by molar-refractivity contribution is -0.112. The number of carbonyl (C=O) groups is 1. The number of hydrogen-bond donors (Lipinski definition) is 0. The number of carbonyl (C=O) groups excluding carboxylic acids is 1. The molecule has 0 N–H and O–H groups in total. The lowest BCUT2D eigenvalue weighted by Gasteiger charge is -1.98. The molecule has 4 heteroatoms. The first-order chi connectivity index (χ1) is 6.53. The summed E-state index contributed by atoms with van der Waals surface area (Å²) in [5, 5.41) is 0. The molecule has 0 atom stereocenters. The van der Waals surface area contributed by atoms with Gasteiger partial charge in [-0.3, -0.25) is 4.79 Å². The molecule has 3 nitrogen and oxygen atoms in total. The zero-order valence-corrected chi connectivity index (χ0v) is 8.34. The van der Waals surface area contributed by atoms with E-state index < -0.39 is 15.6 Å². The van der Waals surface area contributed by atoms with E-state index in [9.17, 15) is 13.2 Å². The van der Waals surface area contributed by atoms with Crippen molar-refractivity contribution < 1.29 is 13.2 Å². The second kappa shape index (κ2) is 2.78. The van der Waals surface area contributed by atoms with Crippen LogP contribution in [-0.2, 0) is 14.6 Å². The van der Waals surface area contributed by atoms with Gasteiger partial charge in [0, 0.05) is 0 Å². The summed E-state index contributed by atoms with van der Waals surface area (Å²) in [6.07, 6.45) is 1.42. The van der Waals surface area contributed by atoms with Gasteiger partial charge in [-0.25, -0.2) is 8.42 Å². The average molecular weight is 208 g/mol. The van der Waals surface area contributed by atoms with Gasteiger partial charge in [-0.1, -0.05) is 18.2 Å². The Balaban J connectivity index is 2.75. The van der Waals surface area contributed by atoms with Gasteiger partial charge in [-0.15, -0.1) is 0 Å². The van der Waals surface area contributed by atoms with Crippen molar-refractivity contribution in [3.63, 3.8) is 0 Å². The van der Waals surface area contributed by atoms with Gasteiger partial charge in [0.1, 0.15) is 4.91 Å². The molecule has 1 aliphatic rings. The van der Waals surface area contributed by atoms with Crippen LogP contribution in [0.2, 0.25) is 0 Å². The molecule has 72 valence electrons. The Morgan fingerprint density at radius 3 is 2.43 bits per heavy atom. The standard InChI is InChI=1S/C10H8O3S/c1-7(11)10-6-8-4-2-3-5-9(8)14(10,12)13/h2-6H,1H3. The van der Waals surface area contributed by atoms with E-state index in [4.69, 9.17) is 0 Å². The molecule has 0 saturated carbocycles. The van der Waals surface area contributed by atoms with Gasteiger partial charge in [-0.05, 0) is 24.6 Å². The molecule has 0 bridgehead atoms. The molecule has 0 spiro atoms. The van der Waals surface area contributed by atoms with E-state index in [0.717, 1.165) is 0 Å². The third kappa shape index (κ3) is 1.11. The van der Waals surface area contributed by atoms with Crippen LogP contribution in [0.15, 0.2) is 34.1 Å². The van der Waals surface area contributed by atoms with Crippen molar-refractivity contribution >= 4 is 21.7 Å². The topological polar surface area (TPSA) is 51.2 Å². The summed E-state index contributed by atoms with van der Waals surface area (Å²) in [6.45, 7) is 1.26. The van der Waals surface area contributed by atoms with Crippen molar-refractivity contribution in [3.8, 4) is 0 Å². The summed E-state index contributed by atoms with van der Waals surface area (Å²) >= 11 is 0. The van der Waals surface area contributed by atoms with Crippen LogP contribution in [-0.4, -0.2) is 14.2 Å². The van der Waals surface area contributed by atoms with Crippen molar-refractivity contribution in [2.45, 2.75) is 11.8 Å². The molecular formula is C10H8O3S. The van der Waals surface area contributed by atoms with Gasteiger partial charge in [0.15, 0.2) is 5.78 Å². The number of allylic oxidation sites excluding steroid dienone is 1. The maximum absolute atomic E-state index is 11.7. The number of sulfone groups is 1. The van der Waals surface area contributed by atoms with Gasteiger partial charge >= 0.3 is 0 Å². The normalized spacial score (nSPS) is 17.4. The number of hydrogen-bond acceptors (Lipinski definition) is 3. The van der Waals surface area contributed by atoms with Crippen LogP contribution in [0.5, 0.6) is 0 Å². The fourth-order valence-corrected chi connectivity index (χ4v) is 3.07. The maximum atomic E-state index is 11.7. The quantitative estimate of drug-likeness (QED) is 0.701. The second-order valence-corrected chi connectivity index (χ2v) is 4.99. The van der Waals surface area contributed by atoms with Crippen LogP contribution in [0.3, 0.4) is 0 Å². The summed E-state index contributed by atoms with van der Waals surface area (Å²) in [4.78, 5) is 11.2. The van der Waals surface area contributed by atoms with Crippen molar-refractivity contribution in [2.24, 2.45) is 0 Å². The molecule has 1 heterocycles. The molecule has 0 aromatic heterocycles. The van der Waals surface area contributed by atoms with Gasteiger partial charge in [0.05, 0.1) is 4.90 Å². The highest BCUT2D eigenvalue weighted by Gasteiger charge is 2.31. The van der Waals surface area contributed by atoms with Crippen molar-refractivity contribution in [1.82, 2.24) is 0 Å². The molecule has 0 aliphatic carbocycles. The third-order valence-electron chi connectivity index (χ3n) is 2.13. The van der Waals surface area contributed by atoms with Gasteiger partial charge in [0.2, 0.25) is 9.84 Å². The smallest absolute Gasteiger partial charge is 0.210 e. The fourth-order valence-electron chi connectivity index (χ4n) is 1.47. The Hall–Kier alpha value is -1.42. The summed E-state index contributed by atoms with van der Waals surface area (Å²) in [7, 11) is -3.53. The highest BCUT2D eigenvalue weighted by atomic mass is 32.2. The van der Waals surface area contributed by atoms with Gasteiger partial charge in [-0.2, -0.15) is 0 Å². The maximum Gasteiger partial charge on any atom is 0.210 e. The molecule has 1 aromatic carbocycles. The third-order valence-corrected chi connectivity index (χ3v) is 4.07. The van der Waals surface area contributed by atoms with Crippen LogP contribution in [0.4, 0.5) is 0 Å². The van der Waals surface area contributed by atoms with E-state index >= 15 is 0 Å². The lowest BCUT2D eigenvalue weighted by Crippen LogP contribution is -2.06. The van der Waals surface area contributed by atoms with Crippen LogP contribution >= 0.6 is 0 Å². The lowest BCUT2D eigenvalue weighted by atomic mass is 10.2. The predicted octanol–water partition coefficient (Wildman–Crippen LogP) is 1.40. The van der Waals surface area contributed by atoms with Crippen molar-refractivity contribution in [3.05, 3.63) is 34.7 Å². The van der Waals surface area contributed by atoms with Crippen molar-refractivity contribution in [1.29, 1.82) is 0 Å². The minimum absolute atomic E-state index is 0.112. The Morgan fingerprint density at radius 2 is 1.86 bits per heavy atom. The van der Waals surface area contributed by atoms with Crippen molar-refractivity contribution in [2.75, 3.05) is 0 Å². The second-order valence-electron chi connectivity index (χ2n) is 3.11. The predicted molar refractivity (Wildman–Crippen MR) is 52.3 cm³/mol. The van der Waals surface area contributed by atoms with Crippen LogP contribution in [0.1, 0.15) is 12.5 Å². The molecule has 0 amide bonds. The first-order valence-corrected chi connectivity index (χ1v) is 5.58. The fraction of sp³-hybridized carbons (Fsp3) is 0.100.